The highest BCUT2D eigenvalue weighted by molar-refractivity contribution is 7.99. The third kappa shape index (κ3) is 2.23. The largest absolute Gasteiger partial charge is 0.373 e. The Morgan fingerprint density at radius 2 is 2.06 bits per heavy atom. The van der Waals surface area contributed by atoms with Crippen LogP contribution in [0, 0.1) is 13.8 Å². The lowest BCUT2D eigenvalue weighted by atomic mass is 10.3. The highest BCUT2D eigenvalue weighted by Gasteiger charge is 2.13. The van der Waals surface area contributed by atoms with Crippen LogP contribution in [0.1, 0.15) is 11.4 Å². The Bertz CT molecular complexity index is 632. The predicted octanol–water partition coefficient (Wildman–Crippen LogP) is 0.708. The van der Waals surface area contributed by atoms with Crippen LogP contribution in [0.3, 0.4) is 0 Å². The van der Waals surface area contributed by atoms with E-state index in [0.29, 0.717) is 11.0 Å². The summed E-state index contributed by atoms with van der Waals surface area (Å²) in [6.45, 7) is 3.76. The maximum absolute atomic E-state index is 11.3. The van der Waals surface area contributed by atoms with Crippen LogP contribution in [0.25, 0.3) is 0 Å². The number of anilines is 1. The van der Waals surface area contributed by atoms with Crippen LogP contribution in [0.2, 0.25) is 0 Å². The average molecular weight is 266 g/mol. The highest BCUT2D eigenvalue weighted by atomic mass is 32.2. The van der Waals surface area contributed by atoms with Gasteiger partial charge in [-0.15, -0.1) is 5.10 Å². The van der Waals surface area contributed by atoms with Crippen molar-refractivity contribution in [3.8, 4) is 0 Å². The number of aromatic nitrogens is 5. The molecule has 96 valence electrons. The minimum absolute atomic E-state index is 0.241. The summed E-state index contributed by atoms with van der Waals surface area (Å²) in [5, 5.41) is 10.7. The molecule has 2 N–H and O–H groups in total. The van der Waals surface area contributed by atoms with E-state index in [-0.39, 0.29) is 5.69 Å². The van der Waals surface area contributed by atoms with Crippen LogP contribution in [-0.4, -0.2) is 31.8 Å². The maximum atomic E-state index is 11.3. The second-order valence-corrected chi connectivity index (χ2v) is 4.73. The zero-order valence-electron chi connectivity index (χ0n) is 10.6. The van der Waals surface area contributed by atoms with E-state index >= 15 is 0 Å². The van der Waals surface area contributed by atoms with Gasteiger partial charge in [-0.05, 0) is 25.6 Å². The van der Waals surface area contributed by atoms with Crippen LogP contribution in [-0.2, 0) is 7.05 Å². The first-order chi connectivity index (χ1) is 8.52. The van der Waals surface area contributed by atoms with Gasteiger partial charge in [0.2, 0.25) is 0 Å². The van der Waals surface area contributed by atoms with E-state index in [4.69, 9.17) is 0 Å². The van der Waals surface area contributed by atoms with Crippen molar-refractivity contribution in [2.24, 2.45) is 7.05 Å². The normalized spacial score (nSPS) is 10.7. The quantitative estimate of drug-likeness (QED) is 0.795. The van der Waals surface area contributed by atoms with E-state index in [1.807, 2.05) is 20.9 Å². The summed E-state index contributed by atoms with van der Waals surface area (Å²) in [7, 11) is 3.48. The number of H-pyrrole nitrogens is 1. The van der Waals surface area contributed by atoms with Crippen molar-refractivity contribution in [3.63, 3.8) is 0 Å². The first-order valence-corrected chi connectivity index (χ1v) is 6.16. The molecule has 0 atom stereocenters. The summed E-state index contributed by atoms with van der Waals surface area (Å²) in [5.41, 5.74) is 0.693. The molecule has 0 amide bonds. The van der Waals surface area contributed by atoms with Gasteiger partial charge in [0.05, 0.1) is 0 Å². The molecule has 2 heterocycles. The van der Waals surface area contributed by atoms with Crippen LogP contribution < -0.4 is 11.0 Å². The summed E-state index contributed by atoms with van der Waals surface area (Å²) >= 11 is 1.33. The summed E-state index contributed by atoms with van der Waals surface area (Å²) in [6, 6.07) is 0. The number of nitrogens with zero attached hydrogens (tertiary/aromatic N) is 4. The van der Waals surface area contributed by atoms with Gasteiger partial charge >= 0.3 is 5.69 Å². The van der Waals surface area contributed by atoms with Crippen molar-refractivity contribution in [1.82, 2.24) is 24.7 Å². The van der Waals surface area contributed by atoms with E-state index in [1.165, 1.54) is 16.3 Å². The van der Waals surface area contributed by atoms with Gasteiger partial charge in [-0.1, -0.05) is 0 Å². The summed E-state index contributed by atoms with van der Waals surface area (Å²) in [6.07, 6.45) is 0. The molecule has 0 aromatic carbocycles. The highest BCUT2D eigenvalue weighted by Crippen LogP contribution is 2.28. The summed E-state index contributed by atoms with van der Waals surface area (Å²) in [4.78, 5) is 19.9. The molecule has 0 saturated heterocycles. The molecule has 7 nitrogen and oxygen atoms in total. The summed E-state index contributed by atoms with van der Waals surface area (Å²) in [5.74, 6) is 1.46. The van der Waals surface area contributed by atoms with E-state index in [1.54, 1.807) is 7.05 Å². The Morgan fingerprint density at radius 1 is 1.33 bits per heavy atom. The van der Waals surface area contributed by atoms with Gasteiger partial charge in [-0.2, -0.15) is 0 Å². The predicted molar refractivity (Wildman–Crippen MR) is 69.0 cm³/mol. The fraction of sp³-hybridized carbons (Fsp3) is 0.400. The SMILES string of the molecule is CNc1nc(C)nc(Sc2n[nH]c(=O)n2C)c1C. The van der Waals surface area contributed by atoms with Gasteiger partial charge in [0.25, 0.3) is 0 Å². The Kier molecular flexibility index (Phi) is 3.37. The molecule has 0 aliphatic heterocycles. The topological polar surface area (TPSA) is 88.5 Å². The van der Waals surface area contributed by atoms with Crippen LogP contribution in [0.5, 0.6) is 0 Å². The van der Waals surface area contributed by atoms with E-state index in [2.05, 4.69) is 25.5 Å². The van der Waals surface area contributed by atoms with Crippen LogP contribution >= 0.6 is 11.8 Å². The van der Waals surface area contributed by atoms with E-state index in [9.17, 15) is 4.79 Å². The van der Waals surface area contributed by atoms with E-state index in [0.717, 1.165) is 16.4 Å². The van der Waals surface area contributed by atoms with Crippen LogP contribution in [0.4, 0.5) is 5.82 Å². The van der Waals surface area contributed by atoms with Crippen molar-refractivity contribution in [2.45, 2.75) is 24.0 Å². The van der Waals surface area contributed by atoms with Crippen molar-refractivity contribution < 1.29 is 0 Å². The number of hydrogen-bond acceptors (Lipinski definition) is 6. The Labute approximate surface area is 108 Å². The minimum atomic E-state index is -0.241. The van der Waals surface area contributed by atoms with Crippen molar-refractivity contribution in [3.05, 3.63) is 21.9 Å². The Balaban J connectivity index is 2.43. The van der Waals surface area contributed by atoms with Gasteiger partial charge < -0.3 is 5.32 Å². The third-order valence-electron chi connectivity index (χ3n) is 2.48. The molecule has 2 aromatic rings. The number of aromatic amines is 1. The van der Waals surface area contributed by atoms with Crippen molar-refractivity contribution in [1.29, 1.82) is 0 Å². The molecule has 0 aliphatic carbocycles. The van der Waals surface area contributed by atoms with Gasteiger partial charge in [0.15, 0.2) is 5.16 Å². The second-order valence-electron chi connectivity index (χ2n) is 3.77. The maximum Gasteiger partial charge on any atom is 0.343 e. The van der Waals surface area contributed by atoms with Gasteiger partial charge in [0.1, 0.15) is 16.7 Å². The van der Waals surface area contributed by atoms with Gasteiger partial charge in [-0.3, -0.25) is 4.57 Å². The molecular formula is C10H14N6OS. The lowest BCUT2D eigenvalue weighted by Crippen LogP contribution is -2.13. The number of hydrogen-bond donors (Lipinski definition) is 2. The van der Waals surface area contributed by atoms with Crippen molar-refractivity contribution >= 4 is 17.6 Å². The summed E-state index contributed by atoms with van der Waals surface area (Å²) < 4.78 is 1.45. The molecule has 8 heteroatoms. The first kappa shape index (κ1) is 12.6. The monoisotopic (exact) mass is 266 g/mol. The van der Waals surface area contributed by atoms with Crippen LogP contribution in [0.15, 0.2) is 15.0 Å². The minimum Gasteiger partial charge on any atom is -0.373 e. The molecule has 2 aromatic heterocycles. The molecule has 0 spiro atoms. The molecule has 0 radical (unpaired) electrons. The fourth-order valence-corrected chi connectivity index (χ4v) is 2.37. The lowest BCUT2D eigenvalue weighted by Gasteiger charge is -2.09. The molecule has 0 bridgehead atoms. The fourth-order valence-electron chi connectivity index (χ4n) is 1.46. The number of aryl methyl sites for hydroxylation is 1. The number of rotatable bonds is 3. The molecular weight excluding hydrogens is 252 g/mol. The second kappa shape index (κ2) is 4.81. The Morgan fingerprint density at radius 3 is 2.61 bits per heavy atom. The zero-order chi connectivity index (χ0) is 13.3. The van der Waals surface area contributed by atoms with Crippen molar-refractivity contribution in [2.75, 3.05) is 12.4 Å². The smallest absolute Gasteiger partial charge is 0.343 e. The van der Waals surface area contributed by atoms with Gasteiger partial charge in [0, 0.05) is 19.7 Å². The standard InChI is InChI=1S/C10H14N6OS/c1-5-7(11-3)12-6(2)13-8(5)18-10-15-14-9(17)16(10)4/h1-4H3,(H,14,17)(H,11,12,13). The first-order valence-electron chi connectivity index (χ1n) is 5.35. The zero-order valence-corrected chi connectivity index (χ0v) is 11.4. The molecule has 0 aliphatic rings. The lowest BCUT2D eigenvalue weighted by molar-refractivity contribution is 0.763. The average Bonchev–Trinajstić information content (AvgIpc) is 2.65. The number of nitrogens with one attached hydrogen (secondary N) is 2. The Hall–Kier alpha value is -1.83. The molecule has 2 rings (SSSR count). The van der Waals surface area contributed by atoms with Gasteiger partial charge in [-0.25, -0.2) is 19.9 Å². The molecule has 0 saturated carbocycles. The molecule has 0 fully saturated rings. The molecule has 18 heavy (non-hydrogen) atoms. The molecule has 0 unspecified atom stereocenters. The third-order valence-corrected chi connectivity index (χ3v) is 3.62. The van der Waals surface area contributed by atoms with E-state index < -0.39 is 0 Å².